The summed E-state index contributed by atoms with van der Waals surface area (Å²) in [4.78, 5) is 9.06. The number of anilines is 2. The quantitative estimate of drug-likeness (QED) is 0.675. The first-order valence-corrected chi connectivity index (χ1v) is 8.62. The molecule has 2 N–H and O–H groups in total. The molecule has 0 fully saturated rings. The molecule has 0 saturated carbocycles. The van der Waals surface area contributed by atoms with E-state index in [0.29, 0.717) is 5.95 Å². The van der Waals surface area contributed by atoms with Crippen LogP contribution in [0, 0.1) is 13.8 Å². The lowest BCUT2D eigenvalue weighted by Crippen LogP contribution is -2.10. The lowest BCUT2D eigenvalue weighted by atomic mass is 10.1. The zero-order chi connectivity index (χ0) is 17.5. The standard InChI is InChI=1S/C21H24N4/c1-16-8-6-7-11-19(16)15-23-21-24-17(2)14-20(25-21)22-13-12-18-9-4-3-5-10-18/h3-11,14H,12-13,15H2,1-2H3,(H2,22,23,24,25). The first-order chi connectivity index (χ1) is 12.2. The Hall–Kier alpha value is -2.88. The van der Waals surface area contributed by atoms with Gasteiger partial charge >= 0.3 is 0 Å². The molecule has 0 amide bonds. The van der Waals surface area contributed by atoms with Crippen molar-refractivity contribution in [2.24, 2.45) is 0 Å². The molecule has 0 saturated heterocycles. The van der Waals surface area contributed by atoms with Gasteiger partial charge in [0.25, 0.3) is 0 Å². The Bertz CT molecular complexity index is 815. The van der Waals surface area contributed by atoms with E-state index < -0.39 is 0 Å². The van der Waals surface area contributed by atoms with Crippen molar-refractivity contribution < 1.29 is 0 Å². The van der Waals surface area contributed by atoms with Crippen LogP contribution >= 0.6 is 0 Å². The van der Waals surface area contributed by atoms with Crippen LogP contribution in [-0.2, 0) is 13.0 Å². The second kappa shape index (κ2) is 8.29. The Kier molecular flexibility index (Phi) is 5.62. The first kappa shape index (κ1) is 17.0. The largest absolute Gasteiger partial charge is 0.370 e. The number of rotatable bonds is 7. The second-order valence-electron chi connectivity index (χ2n) is 6.16. The number of benzene rings is 2. The predicted molar refractivity (Wildman–Crippen MR) is 104 cm³/mol. The third-order valence-corrected chi connectivity index (χ3v) is 4.12. The molecule has 1 aromatic heterocycles. The molecule has 2 aromatic carbocycles. The van der Waals surface area contributed by atoms with Crippen LogP contribution in [0.3, 0.4) is 0 Å². The van der Waals surface area contributed by atoms with Gasteiger partial charge in [0.05, 0.1) is 0 Å². The minimum atomic E-state index is 0.658. The van der Waals surface area contributed by atoms with Crippen LogP contribution in [0.4, 0.5) is 11.8 Å². The molecule has 25 heavy (non-hydrogen) atoms. The second-order valence-corrected chi connectivity index (χ2v) is 6.16. The lowest BCUT2D eigenvalue weighted by molar-refractivity contribution is 0.980. The van der Waals surface area contributed by atoms with Gasteiger partial charge in [-0.25, -0.2) is 4.98 Å². The highest BCUT2D eigenvalue weighted by molar-refractivity contribution is 5.43. The van der Waals surface area contributed by atoms with Crippen molar-refractivity contribution in [2.75, 3.05) is 17.2 Å². The van der Waals surface area contributed by atoms with Gasteiger partial charge in [-0.1, -0.05) is 54.6 Å². The fraction of sp³-hybridized carbons (Fsp3) is 0.238. The van der Waals surface area contributed by atoms with Crippen LogP contribution < -0.4 is 10.6 Å². The average molecular weight is 332 g/mol. The molecule has 128 valence electrons. The molecule has 3 aromatic rings. The van der Waals surface area contributed by atoms with Crippen molar-refractivity contribution in [2.45, 2.75) is 26.8 Å². The topological polar surface area (TPSA) is 49.8 Å². The molecule has 3 rings (SSSR count). The molecular weight excluding hydrogens is 308 g/mol. The first-order valence-electron chi connectivity index (χ1n) is 8.62. The number of aryl methyl sites for hydroxylation is 2. The Balaban J connectivity index is 1.59. The molecule has 0 spiro atoms. The molecule has 4 nitrogen and oxygen atoms in total. The Morgan fingerprint density at radius 2 is 1.60 bits per heavy atom. The fourth-order valence-electron chi connectivity index (χ4n) is 2.70. The van der Waals surface area contributed by atoms with E-state index in [2.05, 4.69) is 76.1 Å². The van der Waals surface area contributed by atoms with Gasteiger partial charge < -0.3 is 10.6 Å². The van der Waals surface area contributed by atoms with Gasteiger partial charge in [-0.3, -0.25) is 0 Å². The average Bonchev–Trinajstić information content (AvgIpc) is 2.62. The van der Waals surface area contributed by atoms with Crippen molar-refractivity contribution in [3.63, 3.8) is 0 Å². The van der Waals surface area contributed by atoms with Crippen molar-refractivity contribution in [3.8, 4) is 0 Å². The summed E-state index contributed by atoms with van der Waals surface area (Å²) in [5.41, 5.74) is 4.79. The maximum atomic E-state index is 4.58. The number of hydrogen-bond acceptors (Lipinski definition) is 4. The zero-order valence-electron chi connectivity index (χ0n) is 14.8. The number of nitrogens with zero attached hydrogens (tertiary/aromatic N) is 2. The van der Waals surface area contributed by atoms with Gasteiger partial charge in [-0.05, 0) is 37.0 Å². The summed E-state index contributed by atoms with van der Waals surface area (Å²) < 4.78 is 0. The highest BCUT2D eigenvalue weighted by atomic mass is 15.1. The zero-order valence-corrected chi connectivity index (χ0v) is 14.8. The van der Waals surface area contributed by atoms with Gasteiger partial charge in [-0.15, -0.1) is 0 Å². The van der Waals surface area contributed by atoms with Gasteiger partial charge in [-0.2, -0.15) is 4.98 Å². The van der Waals surface area contributed by atoms with E-state index >= 15 is 0 Å². The molecule has 0 bridgehead atoms. The summed E-state index contributed by atoms with van der Waals surface area (Å²) in [5.74, 6) is 1.51. The van der Waals surface area contributed by atoms with E-state index in [1.165, 1.54) is 16.7 Å². The summed E-state index contributed by atoms with van der Waals surface area (Å²) in [6.45, 7) is 5.67. The molecule has 4 heteroatoms. The van der Waals surface area contributed by atoms with Crippen LogP contribution in [0.2, 0.25) is 0 Å². The lowest BCUT2D eigenvalue weighted by Gasteiger charge is -2.11. The van der Waals surface area contributed by atoms with E-state index in [1.807, 2.05) is 19.1 Å². The highest BCUT2D eigenvalue weighted by Crippen LogP contribution is 2.13. The van der Waals surface area contributed by atoms with Gasteiger partial charge in [0.2, 0.25) is 5.95 Å². The van der Waals surface area contributed by atoms with Gasteiger partial charge in [0, 0.05) is 24.8 Å². The molecule has 0 aliphatic rings. The third kappa shape index (κ3) is 5.05. The van der Waals surface area contributed by atoms with Crippen molar-refractivity contribution in [1.29, 1.82) is 0 Å². The fourth-order valence-corrected chi connectivity index (χ4v) is 2.70. The number of hydrogen-bond donors (Lipinski definition) is 2. The van der Waals surface area contributed by atoms with Crippen LogP contribution in [0.25, 0.3) is 0 Å². The number of nitrogens with one attached hydrogen (secondary N) is 2. The maximum absolute atomic E-state index is 4.58. The SMILES string of the molecule is Cc1cc(NCCc2ccccc2)nc(NCc2ccccc2C)n1. The number of aromatic nitrogens is 2. The third-order valence-electron chi connectivity index (χ3n) is 4.12. The Morgan fingerprint density at radius 3 is 2.40 bits per heavy atom. The van der Waals surface area contributed by atoms with Crippen LogP contribution in [0.15, 0.2) is 60.7 Å². The van der Waals surface area contributed by atoms with Crippen LogP contribution in [0.1, 0.15) is 22.4 Å². The predicted octanol–water partition coefficient (Wildman–Crippen LogP) is 4.36. The van der Waals surface area contributed by atoms with Gasteiger partial charge in [0.15, 0.2) is 0 Å². The Labute approximate surface area is 149 Å². The van der Waals surface area contributed by atoms with Crippen molar-refractivity contribution in [1.82, 2.24) is 9.97 Å². The monoisotopic (exact) mass is 332 g/mol. The highest BCUT2D eigenvalue weighted by Gasteiger charge is 2.03. The minimum Gasteiger partial charge on any atom is -0.370 e. The summed E-state index contributed by atoms with van der Waals surface area (Å²) in [7, 11) is 0. The van der Waals surface area contributed by atoms with Crippen LogP contribution in [-0.4, -0.2) is 16.5 Å². The molecule has 0 radical (unpaired) electrons. The summed E-state index contributed by atoms with van der Waals surface area (Å²) >= 11 is 0. The molecule has 1 heterocycles. The molecular formula is C21H24N4. The molecule has 0 unspecified atom stereocenters. The van der Waals surface area contributed by atoms with E-state index in [9.17, 15) is 0 Å². The molecule has 0 aliphatic carbocycles. The van der Waals surface area contributed by atoms with E-state index in [1.54, 1.807) is 0 Å². The van der Waals surface area contributed by atoms with E-state index in [-0.39, 0.29) is 0 Å². The summed E-state index contributed by atoms with van der Waals surface area (Å²) in [5, 5.41) is 6.72. The van der Waals surface area contributed by atoms with Crippen LogP contribution in [0.5, 0.6) is 0 Å². The molecule has 0 aliphatic heterocycles. The summed E-state index contributed by atoms with van der Waals surface area (Å²) in [6, 6.07) is 20.8. The molecule has 0 atom stereocenters. The Morgan fingerprint density at radius 1 is 0.840 bits per heavy atom. The minimum absolute atomic E-state index is 0.658. The van der Waals surface area contributed by atoms with Crippen molar-refractivity contribution >= 4 is 11.8 Å². The van der Waals surface area contributed by atoms with Gasteiger partial charge in [0.1, 0.15) is 5.82 Å². The normalized spacial score (nSPS) is 10.5. The maximum Gasteiger partial charge on any atom is 0.225 e. The smallest absolute Gasteiger partial charge is 0.225 e. The summed E-state index contributed by atoms with van der Waals surface area (Å²) in [6.07, 6.45) is 0.968. The van der Waals surface area contributed by atoms with E-state index in [4.69, 9.17) is 0 Å². The van der Waals surface area contributed by atoms with E-state index in [0.717, 1.165) is 31.0 Å². The van der Waals surface area contributed by atoms with Crippen molar-refractivity contribution in [3.05, 3.63) is 83.0 Å².